The smallest absolute Gasteiger partial charge is 0.263 e. The zero-order valence-electron chi connectivity index (χ0n) is 8.88. The lowest BCUT2D eigenvalue weighted by Gasteiger charge is -2.02. The minimum atomic E-state index is -3.75. The van der Waals surface area contributed by atoms with Crippen LogP contribution in [-0.4, -0.2) is 18.2 Å². The summed E-state index contributed by atoms with van der Waals surface area (Å²) in [6.45, 7) is 3.95. The molecule has 86 valence electrons. The van der Waals surface area contributed by atoms with E-state index < -0.39 is 9.05 Å². The first kappa shape index (κ1) is 11.4. The van der Waals surface area contributed by atoms with Gasteiger partial charge in [0.05, 0.1) is 0 Å². The third kappa shape index (κ3) is 1.92. The Kier molecular flexibility index (Phi) is 2.67. The number of fused-ring (bicyclic) bond motifs is 1. The zero-order chi connectivity index (χ0) is 11.9. The molecular weight excluding hydrogens is 248 g/mol. The van der Waals surface area contributed by atoms with Crippen LogP contribution in [0.25, 0.3) is 10.9 Å². The van der Waals surface area contributed by atoms with Crippen LogP contribution in [0.2, 0.25) is 0 Å². The monoisotopic (exact) mass is 258 g/mol. The molecule has 0 aliphatic heterocycles. The summed E-state index contributed by atoms with van der Waals surface area (Å²) in [7, 11) is 1.60. The first-order valence-electron chi connectivity index (χ1n) is 4.82. The Bertz CT molecular complexity index is 631. The van der Waals surface area contributed by atoms with Crippen LogP contribution in [0.15, 0.2) is 29.3 Å². The first-order valence-corrected chi connectivity index (χ1v) is 7.13. The second kappa shape index (κ2) is 3.75. The van der Waals surface area contributed by atoms with Gasteiger partial charge in [0.15, 0.2) is 0 Å². The lowest BCUT2D eigenvalue weighted by molar-refractivity contribution is 0.536. The number of benzene rings is 1. The van der Waals surface area contributed by atoms with E-state index in [0.29, 0.717) is 5.52 Å². The predicted molar refractivity (Wildman–Crippen MR) is 63.2 cm³/mol. The van der Waals surface area contributed by atoms with Crippen molar-refractivity contribution in [3.8, 4) is 0 Å². The molecule has 0 saturated carbocycles. The van der Waals surface area contributed by atoms with Gasteiger partial charge in [0.1, 0.15) is 10.4 Å². The fourth-order valence-corrected chi connectivity index (χ4v) is 2.50. The summed E-state index contributed by atoms with van der Waals surface area (Å²) < 4.78 is 24.4. The lowest BCUT2D eigenvalue weighted by Crippen LogP contribution is -2.00. The molecule has 0 N–H and O–H groups in total. The van der Waals surface area contributed by atoms with E-state index in [4.69, 9.17) is 10.7 Å². The standard InChI is InChI=1S/C10H11ClN2O2S/c1-7(2)13-6-8-4-3-5-9(10(8)12-13)16(11,14)15/h3-7H,1-2H3. The molecule has 4 nitrogen and oxygen atoms in total. The third-order valence-corrected chi connectivity index (χ3v) is 3.66. The number of halogens is 1. The van der Waals surface area contributed by atoms with Crippen molar-refractivity contribution in [1.82, 2.24) is 9.78 Å². The first-order chi connectivity index (χ1) is 7.39. The second-order valence-electron chi connectivity index (χ2n) is 3.83. The van der Waals surface area contributed by atoms with Crippen LogP contribution in [0.5, 0.6) is 0 Å². The van der Waals surface area contributed by atoms with Gasteiger partial charge in [-0.15, -0.1) is 0 Å². The Morgan fingerprint density at radius 3 is 2.62 bits per heavy atom. The van der Waals surface area contributed by atoms with Crippen LogP contribution in [0.1, 0.15) is 19.9 Å². The van der Waals surface area contributed by atoms with E-state index in [-0.39, 0.29) is 10.9 Å². The maximum Gasteiger partial charge on any atom is 0.263 e. The van der Waals surface area contributed by atoms with Gasteiger partial charge in [-0.05, 0) is 19.9 Å². The molecule has 0 fully saturated rings. The number of nitrogens with zero attached hydrogens (tertiary/aromatic N) is 2. The molecule has 0 radical (unpaired) electrons. The Morgan fingerprint density at radius 1 is 1.38 bits per heavy atom. The lowest BCUT2D eigenvalue weighted by atomic mass is 10.3. The van der Waals surface area contributed by atoms with Crippen molar-refractivity contribution < 1.29 is 8.42 Å². The van der Waals surface area contributed by atoms with Gasteiger partial charge in [-0.3, -0.25) is 4.68 Å². The van der Waals surface area contributed by atoms with Crippen LogP contribution in [0.4, 0.5) is 0 Å². The number of hydrogen-bond acceptors (Lipinski definition) is 3. The van der Waals surface area contributed by atoms with E-state index in [1.165, 1.54) is 6.07 Å². The molecule has 0 amide bonds. The van der Waals surface area contributed by atoms with Crippen LogP contribution >= 0.6 is 10.7 Å². The molecule has 1 aromatic heterocycles. The number of aromatic nitrogens is 2. The highest BCUT2D eigenvalue weighted by Crippen LogP contribution is 2.25. The minimum absolute atomic E-state index is 0.0612. The highest BCUT2D eigenvalue weighted by molar-refractivity contribution is 8.14. The Labute approximate surface area is 98.2 Å². The molecule has 0 unspecified atom stereocenters. The van der Waals surface area contributed by atoms with Crippen LogP contribution < -0.4 is 0 Å². The van der Waals surface area contributed by atoms with Crippen LogP contribution in [0.3, 0.4) is 0 Å². The molecule has 6 heteroatoms. The van der Waals surface area contributed by atoms with Crippen molar-refractivity contribution in [2.45, 2.75) is 24.8 Å². The summed E-state index contributed by atoms with van der Waals surface area (Å²) in [5, 5.41) is 5.01. The van der Waals surface area contributed by atoms with Crippen molar-refractivity contribution in [3.63, 3.8) is 0 Å². The van der Waals surface area contributed by atoms with E-state index in [0.717, 1.165) is 5.39 Å². The molecule has 0 aliphatic rings. The highest BCUT2D eigenvalue weighted by atomic mass is 35.7. The predicted octanol–water partition coefficient (Wildman–Crippen LogP) is 2.54. The van der Waals surface area contributed by atoms with E-state index in [9.17, 15) is 8.42 Å². The van der Waals surface area contributed by atoms with Gasteiger partial charge < -0.3 is 0 Å². The zero-order valence-corrected chi connectivity index (χ0v) is 10.5. The maximum absolute atomic E-state index is 11.3. The quantitative estimate of drug-likeness (QED) is 0.778. The molecule has 0 spiro atoms. The highest BCUT2D eigenvalue weighted by Gasteiger charge is 2.16. The van der Waals surface area contributed by atoms with E-state index in [2.05, 4.69) is 5.10 Å². The van der Waals surface area contributed by atoms with Crippen molar-refractivity contribution >= 4 is 30.6 Å². The van der Waals surface area contributed by atoms with Crippen molar-refractivity contribution in [1.29, 1.82) is 0 Å². The van der Waals surface area contributed by atoms with Crippen molar-refractivity contribution in [3.05, 3.63) is 24.4 Å². The Morgan fingerprint density at radius 2 is 2.06 bits per heavy atom. The molecule has 16 heavy (non-hydrogen) atoms. The minimum Gasteiger partial charge on any atom is -0.269 e. The molecule has 1 heterocycles. The van der Waals surface area contributed by atoms with Gasteiger partial charge in [-0.2, -0.15) is 5.10 Å². The largest absolute Gasteiger partial charge is 0.269 e. The van der Waals surface area contributed by atoms with Gasteiger partial charge in [-0.1, -0.05) is 12.1 Å². The number of rotatable bonds is 2. The van der Waals surface area contributed by atoms with Gasteiger partial charge in [0.2, 0.25) is 0 Å². The van der Waals surface area contributed by atoms with Crippen LogP contribution in [-0.2, 0) is 9.05 Å². The van der Waals surface area contributed by atoms with Crippen molar-refractivity contribution in [2.24, 2.45) is 0 Å². The summed E-state index contributed by atoms with van der Waals surface area (Å²) in [6, 6.07) is 5.11. The van der Waals surface area contributed by atoms with E-state index in [1.54, 1.807) is 10.7 Å². The number of hydrogen-bond donors (Lipinski definition) is 0. The normalized spacial score (nSPS) is 12.5. The summed E-state index contributed by atoms with van der Waals surface area (Å²) in [5.74, 6) is 0. The summed E-state index contributed by atoms with van der Waals surface area (Å²) in [5.41, 5.74) is 0.422. The molecule has 0 aliphatic carbocycles. The third-order valence-electron chi connectivity index (χ3n) is 2.31. The van der Waals surface area contributed by atoms with Gasteiger partial charge in [-0.25, -0.2) is 8.42 Å². The fourth-order valence-electron chi connectivity index (χ4n) is 1.50. The Balaban J connectivity index is 2.78. The molecule has 2 rings (SSSR count). The maximum atomic E-state index is 11.3. The Hall–Kier alpha value is -1.07. The van der Waals surface area contributed by atoms with E-state index in [1.807, 2.05) is 26.1 Å². The average Bonchev–Trinajstić information content (AvgIpc) is 2.58. The molecule has 0 bridgehead atoms. The molecular formula is C10H11ClN2O2S. The average molecular weight is 259 g/mol. The summed E-state index contributed by atoms with van der Waals surface area (Å²) >= 11 is 0. The van der Waals surface area contributed by atoms with Gasteiger partial charge >= 0.3 is 0 Å². The molecule has 2 aromatic rings. The van der Waals surface area contributed by atoms with Crippen molar-refractivity contribution in [2.75, 3.05) is 0 Å². The topological polar surface area (TPSA) is 52.0 Å². The van der Waals surface area contributed by atoms with Gasteiger partial charge in [0.25, 0.3) is 9.05 Å². The van der Waals surface area contributed by atoms with E-state index >= 15 is 0 Å². The summed E-state index contributed by atoms with van der Waals surface area (Å²) in [4.78, 5) is 0.0612. The molecule has 0 saturated heterocycles. The molecule has 0 atom stereocenters. The SMILES string of the molecule is CC(C)n1cc2cccc(S(=O)(=O)Cl)c2n1. The van der Waals surface area contributed by atoms with Crippen LogP contribution in [0, 0.1) is 0 Å². The fraction of sp³-hybridized carbons (Fsp3) is 0.300. The van der Waals surface area contributed by atoms with Gasteiger partial charge in [0, 0.05) is 28.3 Å². The summed E-state index contributed by atoms with van der Waals surface area (Å²) in [6.07, 6.45) is 1.81. The molecule has 1 aromatic carbocycles. The second-order valence-corrected chi connectivity index (χ2v) is 6.37.